The fourth-order valence-corrected chi connectivity index (χ4v) is 6.36. The molecule has 9 rings (SSSR count). The van der Waals surface area contributed by atoms with Crippen molar-refractivity contribution in [1.29, 1.82) is 0 Å². The van der Waals surface area contributed by atoms with Gasteiger partial charge in [-0.1, -0.05) is 97.1 Å². The molecule has 0 amide bonds. The summed E-state index contributed by atoms with van der Waals surface area (Å²) in [5.41, 5.74) is 9.55. The van der Waals surface area contributed by atoms with E-state index in [9.17, 15) is 0 Å². The Morgan fingerprint density at radius 1 is 0.467 bits per heavy atom. The van der Waals surface area contributed by atoms with E-state index in [1.807, 2.05) is 54.6 Å². The molecule has 2 heterocycles. The van der Waals surface area contributed by atoms with Crippen LogP contribution in [-0.2, 0) is 0 Å². The predicted molar refractivity (Wildman–Crippen MR) is 184 cm³/mol. The van der Waals surface area contributed by atoms with Gasteiger partial charge in [-0.25, -0.2) is 4.98 Å². The highest BCUT2D eigenvalue weighted by Gasteiger charge is 2.21. The molecule has 45 heavy (non-hydrogen) atoms. The second-order valence-electron chi connectivity index (χ2n) is 11.2. The number of hydrogen-bond acceptors (Lipinski definition) is 4. The molecule has 0 aliphatic rings. The van der Waals surface area contributed by atoms with E-state index in [2.05, 4.69) is 108 Å². The van der Waals surface area contributed by atoms with Crippen LogP contribution in [0.4, 0.5) is 17.1 Å². The fourth-order valence-electron chi connectivity index (χ4n) is 6.36. The van der Waals surface area contributed by atoms with Crippen molar-refractivity contribution in [3.8, 4) is 22.6 Å². The Balaban J connectivity index is 1.31. The first-order valence-electron chi connectivity index (χ1n) is 15.0. The number of hydrogen-bond donors (Lipinski definition) is 0. The van der Waals surface area contributed by atoms with Crippen LogP contribution in [0.25, 0.3) is 66.4 Å². The number of benzene rings is 7. The molecule has 0 aliphatic heterocycles. The normalized spacial score (nSPS) is 11.6. The van der Waals surface area contributed by atoms with E-state index in [0.717, 1.165) is 77.6 Å². The molecule has 4 nitrogen and oxygen atoms in total. The second-order valence-corrected chi connectivity index (χ2v) is 11.2. The lowest BCUT2D eigenvalue weighted by molar-refractivity contribution is 0.623. The summed E-state index contributed by atoms with van der Waals surface area (Å²) in [4.78, 5) is 7.20. The van der Waals surface area contributed by atoms with Crippen molar-refractivity contribution in [2.24, 2.45) is 0 Å². The molecule has 0 fully saturated rings. The van der Waals surface area contributed by atoms with E-state index in [4.69, 9.17) is 13.8 Å². The summed E-state index contributed by atoms with van der Waals surface area (Å²) in [6.45, 7) is 0. The molecule has 0 aliphatic carbocycles. The van der Waals surface area contributed by atoms with E-state index >= 15 is 0 Å². The zero-order chi connectivity index (χ0) is 29.7. The van der Waals surface area contributed by atoms with Gasteiger partial charge in [0.2, 0.25) is 5.89 Å². The lowest BCUT2D eigenvalue weighted by Gasteiger charge is -2.27. The maximum Gasteiger partial charge on any atom is 0.227 e. The standard InChI is InChI=1S/C41H26N2O2/c1-3-11-27(12-4-1)30-16-9-17-31(25-30)43(32-22-23-34-33-18-7-8-20-37(33)44-38(34)26-32)36-19-10-15-28-21-24-35-40(39(28)36)45-41(42-35)29-13-5-2-6-14-29/h1-26H. The average Bonchev–Trinajstić information content (AvgIpc) is 3.71. The summed E-state index contributed by atoms with van der Waals surface area (Å²) in [6.07, 6.45) is 0. The van der Waals surface area contributed by atoms with Gasteiger partial charge in [0.1, 0.15) is 16.7 Å². The van der Waals surface area contributed by atoms with Gasteiger partial charge in [-0.3, -0.25) is 0 Å². The topological polar surface area (TPSA) is 42.4 Å². The smallest absolute Gasteiger partial charge is 0.227 e. The van der Waals surface area contributed by atoms with Crippen LogP contribution in [0.3, 0.4) is 0 Å². The molecule has 0 atom stereocenters. The van der Waals surface area contributed by atoms with Crippen molar-refractivity contribution in [1.82, 2.24) is 4.98 Å². The van der Waals surface area contributed by atoms with Gasteiger partial charge in [0.25, 0.3) is 0 Å². The van der Waals surface area contributed by atoms with Crippen LogP contribution in [-0.4, -0.2) is 4.98 Å². The summed E-state index contributed by atoms with van der Waals surface area (Å²) < 4.78 is 12.9. The molecule has 0 bridgehead atoms. The largest absolute Gasteiger partial charge is 0.456 e. The van der Waals surface area contributed by atoms with Crippen LogP contribution in [0.5, 0.6) is 0 Å². The van der Waals surface area contributed by atoms with E-state index < -0.39 is 0 Å². The Morgan fingerprint density at radius 2 is 1.18 bits per heavy atom. The number of oxazole rings is 1. The van der Waals surface area contributed by atoms with Gasteiger partial charge in [0.05, 0.1) is 11.1 Å². The molecule has 2 aromatic heterocycles. The quantitative estimate of drug-likeness (QED) is 0.204. The first kappa shape index (κ1) is 25.4. The van der Waals surface area contributed by atoms with Crippen LogP contribution in [0.15, 0.2) is 167 Å². The number of para-hydroxylation sites is 1. The Kier molecular flexibility index (Phi) is 5.78. The summed E-state index contributed by atoms with van der Waals surface area (Å²) in [5.74, 6) is 0.606. The molecular weight excluding hydrogens is 552 g/mol. The first-order chi connectivity index (χ1) is 22.3. The maximum atomic E-state index is 6.58. The molecule has 9 aromatic rings. The number of furan rings is 1. The fraction of sp³-hybridized carbons (Fsp3) is 0. The molecular formula is C41H26N2O2. The molecule has 7 aromatic carbocycles. The highest BCUT2D eigenvalue weighted by molar-refractivity contribution is 6.13. The Labute approximate surface area is 259 Å². The summed E-state index contributed by atoms with van der Waals surface area (Å²) in [7, 11) is 0. The lowest BCUT2D eigenvalue weighted by atomic mass is 10.0. The van der Waals surface area contributed by atoms with Gasteiger partial charge in [0, 0.05) is 33.8 Å². The zero-order valence-electron chi connectivity index (χ0n) is 24.2. The SMILES string of the molecule is c1ccc(-c2cccc(N(c3ccc4c(c3)oc3ccccc34)c3cccc4ccc5nc(-c6ccccc6)oc5c34)c2)cc1. The molecule has 212 valence electrons. The monoisotopic (exact) mass is 578 g/mol. The van der Waals surface area contributed by atoms with Crippen LogP contribution in [0.1, 0.15) is 0 Å². The molecule has 0 saturated carbocycles. The molecule has 0 spiro atoms. The van der Waals surface area contributed by atoms with Crippen molar-refractivity contribution in [3.05, 3.63) is 158 Å². The van der Waals surface area contributed by atoms with E-state index in [1.54, 1.807) is 0 Å². The average molecular weight is 579 g/mol. The van der Waals surface area contributed by atoms with E-state index in [0.29, 0.717) is 5.89 Å². The van der Waals surface area contributed by atoms with Gasteiger partial charge >= 0.3 is 0 Å². The molecule has 0 radical (unpaired) electrons. The molecule has 4 heteroatoms. The third-order valence-electron chi connectivity index (χ3n) is 8.47. The number of rotatable bonds is 5. The zero-order valence-corrected chi connectivity index (χ0v) is 24.2. The van der Waals surface area contributed by atoms with E-state index in [1.165, 1.54) is 0 Å². The maximum absolute atomic E-state index is 6.58. The Morgan fingerprint density at radius 3 is 2.04 bits per heavy atom. The van der Waals surface area contributed by atoms with Crippen molar-refractivity contribution in [2.75, 3.05) is 4.90 Å². The lowest BCUT2D eigenvalue weighted by Crippen LogP contribution is -2.10. The number of nitrogens with zero attached hydrogens (tertiary/aromatic N) is 2. The molecule has 0 saturated heterocycles. The van der Waals surface area contributed by atoms with Crippen molar-refractivity contribution < 1.29 is 8.83 Å². The first-order valence-corrected chi connectivity index (χ1v) is 15.0. The Hall–Kier alpha value is -6.13. The van der Waals surface area contributed by atoms with Gasteiger partial charge in [-0.15, -0.1) is 0 Å². The minimum Gasteiger partial charge on any atom is -0.456 e. The van der Waals surface area contributed by atoms with Crippen LogP contribution < -0.4 is 4.90 Å². The van der Waals surface area contributed by atoms with Crippen LogP contribution in [0, 0.1) is 0 Å². The van der Waals surface area contributed by atoms with Crippen LogP contribution >= 0.6 is 0 Å². The van der Waals surface area contributed by atoms with E-state index in [-0.39, 0.29) is 0 Å². The minimum absolute atomic E-state index is 0.606. The number of aromatic nitrogens is 1. The van der Waals surface area contributed by atoms with Gasteiger partial charge in [0.15, 0.2) is 5.58 Å². The summed E-state index contributed by atoms with van der Waals surface area (Å²) in [5, 5.41) is 4.28. The third-order valence-corrected chi connectivity index (χ3v) is 8.47. The predicted octanol–water partition coefficient (Wildman–Crippen LogP) is 11.7. The van der Waals surface area contributed by atoms with Crippen molar-refractivity contribution in [2.45, 2.75) is 0 Å². The summed E-state index contributed by atoms with van der Waals surface area (Å²) >= 11 is 0. The van der Waals surface area contributed by atoms with Gasteiger partial charge < -0.3 is 13.7 Å². The number of fused-ring (bicyclic) bond motifs is 6. The van der Waals surface area contributed by atoms with Crippen molar-refractivity contribution >= 4 is 60.9 Å². The molecule has 0 N–H and O–H groups in total. The summed E-state index contributed by atoms with van der Waals surface area (Å²) in [6, 6.07) is 54.4. The second kappa shape index (κ2) is 10.2. The highest BCUT2D eigenvalue weighted by Crippen LogP contribution is 2.44. The molecule has 0 unspecified atom stereocenters. The minimum atomic E-state index is 0.606. The number of anilines is 3. The van der Waals surface area contributed by atoms with Gasteiger partial charge in [-0.2, -0.15) is 0 Å². The van der Waals surface area contributed by atoms with Gasteiger partial charge in [-0.05, 0) is 71.1 Å². The third kappa shape index (κ3) is 4.27. The Bertz CT molecular complexity index is 2490. The van der Waals surface area contributed by atoms with Crippen molar-refractivity contribution in [3.63, 3.8) is 0 Å². The highest BCUT2D eigenvalue weighted by atomic mass is 16.3. The van der Waals surface area contributed by atoms with Crippen LogP contribution in [0.2, 0.25) is 0 Å².